The summed E-state index contributed by atoms with van der Waals surface area (Å²) in [5, 5.41) is 1.25. The highest BCUT2D eigenvalue weighted by Gasteiger charge is 2.09. The summed E-state index contributed by atoms with van der Waals surface area (Å²) in [6.07, 6.45) is 6.07. The Hall–Kier alpha value is -1.07. The SMILES string of the molecule is CSc1ccc2[nH]cc(CCN(CCCF)CCCF)c2c1. The standard InChI is InChI=1S/C17H24F2N2S/c1-22-15-4-5-17-16(12-15)14(13-20-17)6-11-21(9-2-7-18)10-3-8-19/h4-5,12-13,20H,2-3,6-11H2,1H3. The number of nitrogens with zero attached hydrogens (tertiary/aromatic N) is 1. The summed E-state index contributed by atoms with van der Waals surface area (Å²) in [7, 11) is 0. The Kier molecular flexibility index (Phi) is 7.19. The third-order valence-corrected chi connectivity index (χ3v) is 4.61. The second kappa shape index (κ2) is 9.16. The Morgan fingerprint density at radius 1 is 1.09 bits per heavy atom. The van der Waals surface area contributed by atoms with Crippen molar-refractivity contribution in [2.24, 2.45) is 0 Å². The first-order valence-corrected chi connectivity index (χ1v) is 8.99. The van der Waals surface area contributed by atoms with Gasteiger partial charge in [-0.15, -0.1) is 11.8 Å². The second-order valence-corrected chi connectivity index (χ2v) is 6.28. The maximum Gasteiger partial charge on any atom is 0.0906 e. The van der Waals surface area contributed by atoms with Gasteiger partial charge in [-0.25, -0.2) is 0 Å². The predicted molar refractivity (Wildman–Crippen MR) is 91.4 cm³/mol. The zero-order valence-corrected chi connectivity index (χ0v) is 13.9. The molecule has 1 N–H and O–H groups in total. The van der Waals surface area contributed by atoms with E-state index in [1.165, 1.54) is 15.8 Å². The molecule has 0 saturated heterocycles. The van der Waals surface area contributed by atoms with Crippen molar-refractivity contribution in [3.8, 4) is 0 Å². The normalized spacial score (nSPS) is 11.6. The molecule has 0 fully saturated rings. The van der Waals surface area contributed by atoms with E-state index in [2.05, 4.69) is 40.5 Å². The molecule has 0 bridgehead atoms. The minimum Gasteiger partial charge on any atom is -0.361 e. The summed E-state index contributed by atoms with van der Waals surface area (Å²) in [5.41, 5.74) is 2.42. The highest BCUT2D eigenvalue weighted by Crippen LogP contribution is 2.24. The average Bonchev–Trinajstić information content (AvgIpc) is 2.96. The van der Waals surface area contributed by atoms with Crippen LogP contribution >= 0.6 is 11.8 Å². The molecule has 0 spiro atoms. The van der Waals surface area contributed by atoms with E-state index in [1.54, 1.807) is 11.8 Å². The quantitative estimate of drug-likeness (QED) is 0.650. The highest BCUT2D eigenvalue weighted by atomic mass is 32.2. The number of halogens is 2. The van der Waals surface area contributed by atoms with E-state index >= 15 is 0 Å². The van der Waals surface area contributed by atoms with Crippen molar-refractivity contribution < 1.29 is 8.78 Å². The number of nitrogens with one attached hydrogen (secondary N) is 1. The smallest absolute Gasteiger partial charge is 0.0906 e. The molecule has 0 atom stereocenters. The number of H-pyrrole nitrogens is 1. The van der Waals surface area contributed by atoms with Gasteiger partial charge in [-0.3, -0.25) is 8.78 Å². The predicted octanol–water partition coefficient (Wildman–Crippen LogP) is 4.45. The van der Waals surface area contributed by atoms with Gasteiger partial charge in [-0.05, 0) is 49.3 Å². The Morgan fingerprint density at radius 3 is 2.45 bits per heavy atom. The molecule has 0 aliphatic heterocycles. The maximum absolute atomic E-state index is 12.4. The second-order valence-electron chi connectivity index (χ2n) is 5.40. The van der Waals surface area contributed by atoms with E-state index in [1.807, 2.05) is 0 Å². The van der Waals surface area contributed by atoms with Crippen LogP contribution in [0.5, 0.6) is 0 Å². The summed E-state index contributed by atoms with van der Waals surface area (Å²) in [6, 6.07) is 6.43. The molecular weight excluding hydrogens is 302 g/mol. The maximum atomic E-state index is 12.4. The van der Waals surface area contributed by atoms with Crippen LogP contribution in [0.15, 0.2) is 29.3 Å². The monoisotopic (exact) mass is 326 g/mol. The largest absolute Gasteiger partial charge is 0.361 e. The van der Waals surface area contributed by atoms with Crippen molar-refractivity contribution in [1.82, 2.24) is 9.88 Å². The van der Waals surface area contributed by atoms with E-state index in [0.29, 0.717) is 25.9 Å². The third-order valence-electron chi connectivity index (χ3n) is 3.89. The Bertz CT molecular complexity index is 563. The van der Waals surface area contributed by atoms with Gasteiger partial charge >= 0.3 is 0 Å². The van der Waals surface area contributed by atoms with Crippen LogP contribution in [0.25, 0.3) is 10.9 Å². The van der Waals surface area contributed by atoms with Crippen molar-refractivity contribution in [2.75, 3.05) is 39.2 Å². The molecule has 5 heteroatoms. The fraction of sp³-hybridized carbons (Fsp3) is 0.529. The molecule has 0 unspecified atom stereocenters. The van der Waals surface area contributed by atoms with Gasteiger partial charge in [0.15, 0.2) is 0 Å². The number of aromatic amines is 1. The first-order valence-electron chi connectivity index (χ1n) is 7.76. The number of aromatic nitrogens is 1. The number of rotatable bonds is 10. The van der Waals surface area contributed by atoms with Crippen LogP contribution in [0.4, 0.5) is 8.78 Å². The first kappa shape index (κ1) is 17.3. The number of benzene rings is 1. The number of hydrogen-bond donors (Lipinski definition) is 1. The van der Waals surface area contributed by atoms with Crippen LogP contribution in [0.2, 0.25) is 0 Å². The van der Waals surface area contributed by atoms with E-state index in [4.69, 9.17) is 0 Å². The van der Waals surface area contributed by atoms with Gasteiger partial charge in [0.2, 0.25) is 0 Å². The van der Waals surface area contributed by atoms with Gasteiger partial charge in [-0.2, -0.15) is 0 Å². The molecule has 122 valence electrons. The summed E-state index contributed by atoms with van der Waals surface area (Å²) in [6.45, 7) is 1.63. The average molecular weight is 326 g/mol. The van der Waals surface area contributed by atoms with E-state index < -0.39 is 0 Å². The summed E-state index contributed by atoms with van der Waals surface area (Å²) < 4.78 is 24.7. The van der Waals surface area contributed by atoms with Gasteiger partial charge in [0, 0.05) is 41.6 Å². The number of alkyl halides is 2. The van der Waals surface area contributed by atoms with Crippen molar-refractivity contribution in [3.05, 3.63) is 30.0 Å². The molecule has 1 aromatic heterocycles. The summed E-state index contributed by atoms with van der Waals surface area (Å²) in [5.74, 6) is 0. The number of fused-ring (bicyclic) bond motifs is 1. The molecule has 1 heterocycles. The molecule has 2 rings (SSSR count). The van der Waals surface area contributed by atoms with Crippen molar-refractivity contribution in [2.45, 2.75) is 24.2 Å². The molecule has 1 aromatic carbocycles. The van der Waals surface area contributed by atoms with E-state index in [0.717, 1.165) is 18.5 Å². The lowest BCUT2D eigenvalue weighted by atomic mass is 10.1. The Balaban J connectivity index is 2.01. The number of thioether (sulfide) groups is 1. The molecule has 0 aliphatic rings. The third kappa shape index (κ3) is 4.71. The first-order chi connectivity index (χ1) is 10.8. The van der Waals surface area contributed by atoms with E-state index in [9.17, 15) is 8.78 Å². The molecule has 2 nitrogen and oxygen atoms in total. The van der Waals surface area contributed by atoms with Gasteiger partial charge in [0.25, 0.3) is 0 Å². The van der Waals surface area contributed by atoms with Crippen molar-refractivity contribution in [3.63, 3.8) is 0 Å². The fourth-order valence-electron chi connectivity index (χ4n) is 2.67. The molecule has 0 saturated carbocycles. The fourth-order valence-corrected chi connectivity index (χ4v) is 3.11. The minimum atomic E-state index is -0.309. The van der Waals surface area contributed by atoms with Crippen molar-refractivity contribution in [1.29, 1.82) is 0 Å². The molecule has 0 radical (unpaired) electrons. The molecular formula is C17H24F2N2S. The topological polar surface area (TPSA) is 19.0 Å². The Morgan fingerprint density at radius 2 is 1.82 bits per heavy atom. The zero-order chi connectivity index (χ0) is 15.8. The lowest BCUT2D eigenvalue weighted by Crippen LogP contribution is -2.29. The van der Waals surface area contributed by atoms with Crippen LogP contribution in [0, 0.1) is 0 Å². The molecule has 22 heavy (non-hydrogen) atoms. The molecule has 2 aromatic rings. The summed E-state index contributed by atoms with van der Waals surface area (Å²) in [4.78, 5) is 6.71. The highest BCUT2D eigenvalue weighted by molar-refractivity contribution is 7.98. The van der Waals surface area contributed by atoms with Gasteiger partial charge in [0.1, 0.15) is 0 Å². The van der Waals surface area contributed by atoms with Gasteiger partial charge < -0.3 is 9.88 Å². The van der Waals surface area contributed by atoms with Gasteiger partial charge in [-0.1, -0.05) is 0 Å². The lowest BCUT2D eigenvalue weighted by Gasteiger charge is -2.21. The zero-order valence-electron chi connectivity index (χ0n) is 13.1. The number of hydrogen-bond acceptors (Lipinski definition) is 2. The summed E-state index contributed by atoms with van der Waals surface area (Å²) >= 11 is 1.73. The van der Waals surface area contributed by atoms with Crippen molar-refractivity contribution >= 4 is 22.7 Å². The van der Waals surface area contributed by atoms with Gasteiger partial charge in [0.05, 0.1) is 13.3 Å². The molecule has 0 amide bonds. The van der Waals surface area contributed by atoms with Crippen LogP contribution in [-0.2, 0) is 6.42 Å². The minimum absolute atomic E-state index is 0.309. The van der Waals surface area contributed by atoms with E-state index in [-0.39, 0.29) is 13.3 Å². The van der Waals surface area contributed by atoms with Crippen LogP contribution in [0.3, 0.4) is 0 Å². The van der Waals surface area contributed by atoms with Crippen LogP contribution in [0.1, 0.15) is 18.4 Å². The van der Waals surface area contributed by atoms with Crippen LogP contribution in [-0.4, -0.2) is 49.1 Å². The lowest BCUT2D eigenvalue weighted by molar-refractivity contribution is 0.249. The molecule has 0 aliphatic carbocycles. The Labute approximate surface area is 135 Å². The van der Waals surface area contributed by atoms with Crippen LogP contribution < -0.4 is 0 Å².